The maximum Gasteiger partial charge on any atom is 0.326 e. The number of carboxylic acid groups (broad SMARTS) is 1. The molecule has 1 atom stereocenters. The number of hydrogen-bond acceptors (Lipinski definition) is 5. The van der Waals surface area contributed by atoms with Crippen LogP contribution in [-0.4, -0.2) is 41.3 Å². The van der Waals surface area contributed by atoms with Gasteiger partial charge in [0.25, 0.3) is 11.8 Å². The number of aliphatic carboxylic acids is 1. The van der Waals surface area contributed by atoms with E-state index >= 15 is 0 Å². The molecule has 3 N–H and O–H groups in total. The van der Waals surface area contributed by atoms with Crippen LogP contribution in [0.1, 0.15) is 28.4 Å². The van der Waals surface area contributed by atoms with Crippen molar-refractivity contribution in [1.82, 2.24) is 5.32 Å². The Bertz CT molecular complexity index is 1240. The fraction of sp³-hybridized carbons (Fsp3) is 0.154. The average molecular weight is 528 g/mol. The molecule has 0 saturated carbocycles. The summed E-state index contributed by atoms with van der Waals surface area (Å²) in [4.78, 5) is 42.4. The molecule has 0 unspecified atom stereocenters. The summed E-state index contributed by atoms with van der Waals surface area (Å²) < 4.78 is 0. The Kier molecular flexibility index (Phi) is 9.44. The Balaban J connectivity index is 1.70. The van der Waals surface area contributed by atoms with Crippen molar-refractivity contribution in [3.63, 3.8) is 0 Å². The van der Waals surface area contributed by atoms with Crippen LogP contribution in [0.15, 0.2) is 78.0 Å². The first-order valence-electron chi connectivity index (χ1n) is 10.9. The minimum atomic E-state index is -1.23. The van der Waals surface area contributed by atoms with Gasteiger partial charge in [-0.25, -0.2) is 4.79 Å². The van der Waals surface area contributed by atoms with Crippen molar-refractivity contribution in [1.29, 1.82) is 0 Å². The van der Waals surface area contributed by atoms with Crippen molar-refractivity contribution in [2.75, 3.05) is 11.9 Å². The molecule has 0 aliphatic carbocycles. The van der Waals surface area contributed by atoms with Gasteiger partial charge in [0.15, 0.2) is 5.71 Å². The van der Waals surface area contributed by atoms with Gasteiger partial charge in [-0.05, 0) is 36.8 Å². The van der Waals surface area contributed by atoms with E-state index in [1.54, 1.807) is 79.7 Å². The Morgan fingerprint density at radius 3 is 2.17 bits per heavy atom. The van der Waals surface area contributed by atoms with Crippen LogP contribution in [0, 0.1) is 0 Å². The number of carboxylic acids is 1. The molecular formula is C26H23Cl2N3O5. The van der Waals surface area contributed by atoms with Crippen molar-refractivity contribution in [2.24, 2.45) is 5.16 Å². The first-order chi connectivity index (χ1) is 17.3. The van der Waals surface area contributed by atoms with Crippen LogP contribution in [0.5, 0.6) is 0 Å². The van der Waals surface area contributed by atoms with Gasteiger partial charge in [0.1, 0.15) is 12.6 Å². The highest BCUT2D eigenvalue weighted by atomic mass is 35.5. The zero-order valence-corrected chi connectivity index (χ0v) is 20.7. The van der Waals surface area contributed by atoms with Gasteiger partial charge in [-0.3, -0.25) is 9.59 Å². The molecule has 0 radical (unpaired) electrons. The van der Waals surface area contributed by atoms with Crippen LogP contribution in [-0.2, 0) is 20.8 Å². The van der Waals surface area contributed by atoms with Gasteiger partial charge in [-0.15, -0.1) is 0 Å². The van der Waals surface area contributed by atoms with Crippen molar-refractivity contribution < 1.29 is 24.3 Å². The summed E-state index contributed by atoms with van der Waals surface area (Å²) in [5, 5.41) is 19.2. The van der Waals surface area contributed by atoms with Gasteiger partial charge in [-0.2, -0.15) is 0 Å². The number of nitrogens with one attached hydrogen (secondary N) is 2. The third-order valence-corrected chi connectivity index (χ3v) is 5.62. The molecule has 10 heteroatoms. The molecule has 8 nitrogen and oxygen atoms in total. The number of oxime groups is 1. The highest BCUT2D eigenvalue weighted by Crippen LogP contribution is 2.25. The van der Waals surface area contributed by atoms with E-state index in [9.17, 15) is 19.5 Å². The molecule has 3 aromatic carbocycles. The second-order valence-electron chi connectivity index (χ2n) is 7.54. The molecule has 0 aromatic heterocycles. The monoisotopic (exact) mass is 527 g/mol. The standard InChI is InChI=1S/C26H23Cl2N3O5/c1-2-36-31-23(17-7-4-3-5-8-17)25(33)30-21(26(34)35)15-16-11-13-18(14-12-16)29-24(32)22-19(27)9-6-10-20(22)28/h3-14,21H,2,15H2,1H3,(H,29,32)(H,30,33)(H,34,35)/t21-/m0/s1. The fourth-order valence-electron chi connectivity index (χ4n) is 3.25. The zero-order valence-electron chi connectivity index (χ0n) is 19.2. The molecule has 0 saturated heterocycles. The van der Waals surface area contributed by atoms with Crippen LogP contribution in [0.3, 0.4) is 0 Å². The van der Waals surface area contributed by atoms with E-state index in [1.165, 1.54) is 0 Å². The molecule has 0 aliphatic heterocycles. The Morgan fingerprint density at radius 1 is 0.944 bits per heavy atom. The largest absolute Gasteiger partial charge is 0.480 e. The van der Waals surface area contributed by atoms with Gasteiger partial charge in [0, 0.05) is 17.7 Å². The number of carbonyl (C=O) groups is 3. The Labute approximate surface area is 217 Å². The van der Waals surface area contributed by atoms with E-state index in [0.29, 0.717) is 16.8 Å². The van der Waals surface area contributed by atoms with Gasteiger partial charge in [0.05, 0.1) is 15.6 Å². The van der Waals surface area contributed by atoms with Crippen molar-refractivity contribution in [3.05, 3.63) is 99.5 Å². The predicted molar refractivity (Wildman–Crippen MR) is 139 cm³/mol. The first-order valence-corrected chi connectivity index (χ1v) is 11.7. The molecule has 3 aromatic rings. The predicted octanol–water partition coefficient (Wildman–Crippen LogP) is 4.80. The summed E-state index contributed by atoms with van der Waals surface area (Å²) in [5.74, 6) is -2.36. The molecule has 0 spiro atoms. The molecule has 0 bridgehead atoms. The molecule has 0 heterocycles. The lowest BCUT2D eigenvalue weighted by atomic mass is 10.0. The third-order valence-electron chi connectivity index (χ3n) is 4.99. The highest BCUT2D eigenvalue weighted by molar-refractivity contribution is 6.45. The lowest BCUT2D eigenvalue weighted by Gasteiger charge is -2.16. The quantitative estimate of drug-likeness (QED) is 0.258. The third kappa shape index (κ3) is 7.07. The summed E-state index contributed by atoms with van der Waals surface area (Å²) in [6.45, 7) is 1.97. The number of rotatable bonds is 10. The minimum absolute atomic E-state index is 0.00233. The maximum absolute atomic E-state index is 12.9. The number of halogens is 2. The van der Waals surface area contributed by atoms with E-state index in [0.717, 1.165) is 0 Å². The highest BCUT2D eigenvalue weighted by Gasteiger charge is 2.24. The van der Waals surface area contributed by atoms with E-state index in [-0.39, 0.29) is 34.3 Å². The average Bonchev–Trinajstić information content (AvgIpc) is 2.85. The van der Waals surface area contributed by atoms with Crippen LogP contribution in [0.25, 0.3) is 0 Å². The van der Waals surface area contributed by atoms with E-state index in [1.807, 2.05) is 0 Å². The first kappa shape index (κ1) is 26.7. The van der Waals surface area contributed by atoms with E-state index in [4.69, 9.17) is 28.0 Å². The summed E-state index contributed by atoms with van der Waals surface area (Å²) in [7, 11) is 0. The fourth-order valence-corrected chi connectivity index (χ4v) is 3.81. The molecule has 0 aliphatic rings. The second-order valence-corrected chi connectivity index (χ2v) is 8.35. The summed E-state index contributed by atoms with van der Waals surface area (Å²) in [6.07, 6.45) is 0.00233. The number of amides is 2. The molecule has 0 fully saturated rings. The zero-order chi connectivity index (χ0) is 26.1. The van der Waals surface area contributed by atoms with Crippen molar-refractivity contribution in [2.45, 2.75) is 19.4 Å². The van der Waals surface area contributed by atoms with Gasteiger partial charge in [0.2, 0.25) is 0 Å². The van der Waals surface area contributed by atoms with Crippen molar-refractivity contribution >= 4 is 52.4 Å². The van der Waals surface area contributed by atoms with Crippen LogP contribution >= 0.6 is 23.2 Å². The van der Waals surface area contributed by atoms with Crippen molar-refractivity contribution in [3.8, 4) is 0 Å². The van der Waals surface area contributed by atoms with Crippen LogP contribution < -0.4 is 10.6 Å². The Hall–Kier alpha value is -3.88. The molecule has 2 amide bonds. The lowest BCUT2D eigenvalue weighted by molar-refractivity contribution is -0.141. The Morgan fingerprint density at radius 2 is 1.58 bits per heavy atom. The molecule has 186 valence electrons. The smallest absolute Gasteiger partial charge is 0.326 e. The maximum atomic E-state index is 12.9. The van der Waals surface area contributed by atoms with Gasteiger partial charge < -0.3 is 20.6 Å². The number of anilines is 1. The van der Waals surface area contributed by atoms with Gasteiger partial charge >= 0.3 is 5.97 Å². The minimum Gasteiger partial charge on any atom is -0.480 e. The topological polar surface area (TPSA) is 117 Å². The van der Waals surface area contributed by atoms with Crippen LogP contribution in [0.2, 0.25) is 10.0 Å². The summed E-state index contributed by atoms with van der Waals surface area (Å²) in [5.41, 5.74) is 1.71. The molecular weight excluding hydrogens is 505 g/mol. The molecule has 3 rings (SSSR count). The van der Waals surface area contributed by atoms with Crippen LogP contribution in [0.4, 0.5) is 5.69 Å². The van der Waals surface area contributed by atoms with Gasteiger partial charge in [-0.1, -0.05) is 76.9 Å². The number of benzene rings is 3. The number of carbonyl (C=O) groups excluding carboxylic acids is 2. The lowest BCUT2D eigenvalue weighted by Crippen LogP contribution is -2.45. The number of nitrogens with zero attached hydrogens (tertiary/aromatic N) is 1. The molecule has 36 heavy (non-hydrogen) atoms. The van der Waals surface area contributed by atoms with E-state index < -0.39 is 23.8 Å². The summed E-state index contributed by atoms with van der Waals surface area (Å²) in [6, 6.07) is 18.7. The SMILES string of the molecule is CCON=C(C(=O)N[C@@H](Cc1ccc(NC(=O)c2c(Cl)cccc2Cl)cc1)C(=O)O)c1ccccc1. The summed E-state index contributed by atoms with van der Waals surface area (Å²) >= 11 is 12.2. The van der Waals surface area contributed by atoms with E-state index in [2.05, 4.69) is 15.8 Å². The second kappa shape index (κ2) is 12.7. The normalized spacial score (nSPS) is 11.9. The number of hydrogen-bond donors (Lipinski definition) is 3.